The van der Waals surface area contributed by atoms with Crippen LogP contribution in [0.3, 0.4) is 0 Å². The Labute approximate surface area is 149 Å². The van der Waals surface area contributed by atoms with Crippen LogP contribution in [0.4, 0.5) is 19.0 Å². The molecule has 8 heteroatoms. The molecule has 4 nitrogen and oxygen atoms in total. The van der Waals surface area contributed by atoms with E-state index in [1.165, 1.54) is 0 Å². The molecule has 25 heavy (non-hydrogen) atoms. The normalized spacial score (nSPS) is 18.5. The van der Waals surface area contributed by atoms with Crippen molar-refractivity contribution in [2.75, 3.05) is 25.0 Å². The van der Waals surface area contributed by atoms with E-state index in [2.05, 4.69) is 14.9 Å². The molecule has 0 radical (unpaired) electrons. The highest BCUT2D eigenvalue weighted by Gasteiger charge is 2.34. The van der Waals surface area contributed by atoms with Gasteiger partial charge in [0.1, 0.15) is 17.8 Å². The van der Waals surface area contributed by atoms with Crippen LogP contribution < -0.4 is 4.90 Å². The summed E-state index contributed by atoms with van der Waals surface area (Å²) in [5.74, 6) is 0.284. The molecule has 2 aromatic rings. The lowest BCUT2D eigenvalue weighted by Crippen LogP contribution is -2.35. The monoisotopic (exact) mass is 370 g/mol. The molecule has 0 spiro atoms. The number of rotatable bonds is 4. The average molecular weight is 371 g/mol. The van der Waals surface area contributed by atoms with E-state index in [0.717, 1.165) is 49.0 Å². The van der Waals surface area contributed by atoms with Gasteiger partial charge in [-0.3, -0.25) is 4.90 Å². The largest absolute Gasteiger partial charge is 0.433 e. The molecule has 0 bridgehead atoms. The van der Waals surface area contributed by atoms with Crippen molar-refractivity contribution in [3.8, 4) is 0 Å². The molecular weight excluding hydrogens is 353 g/mol. The highest BCUT2D eigenvalue weighted by molar-refractivity contribution is 6.31. The second-order valence-electron chi connectivity index (χ2n) is 6.14. The third kappa shape index (κ3) is 4.22. The van der Waals surface area contributed by atoms with Gasteiger partial charge < -0.3 is 4.90 Å². The SMILES string of the molecule is CN(c1cc(C(F)(F)F)ncn1)C1CCN(Cc2ccccc2Cl)C1. The van der Waals surface area contributed by atoms with Crippen LogP contribution in [0.25, 0.3) is 0 Å². The van der Waals surface area contributed by atoms with Crippen LogP contribution in [-0.4, -0.2) is 41.0 Å². The summed E-state index contributed by atoms with van der Waals surface area (Å²) < 4.78 is 38.5. The predicted octanol–water partition coefficient (Wildman–Crippen LogP) is 3.86. The Bertz CT molecular complexity index is 738. The van der Waals surface area contributed by atoms with Crippen LogP contribution in [0.1, 0.15) is 17.7 Å². The molecule has 1 aromatic heterocycles. The van der Waals surface area contributed by atoms with Gasteiger partial charge in [-0.2, -0.15) is 13.2 Å². The fraction of sp³-hybridized carbons (Fsp3) is 0.412. The Morgan fingerprint density at radius 2 is 2.04 bits per heavy atom. The van der Waals surface area contributed by atoms with E-state index in [4.69, 9.17) is 11.6 Å². The van der Waals surface area contributed by atoms with Gasteiger partial charge in [0, 0.05) is 43.8 Å². The summed E-state index contributed by atoms with van der Waals surface area (Å²) in [7, 11) is 1.77. The molecule has 0 saturated carbocycles. The van der Waals surface area contributed by atoms with Crippen molar-refractivity contribution < 1.29 is 13.2 Å². The van der Waals surface area contributed by atoms with Crippen LogP contribution in [0, 0.1) is 0 Å². The highest BCUT2D eigenvalue weighted by Crippen LogP contribution is 2.30. The number of benzene rings is 1. The first-order valence-electron chi connectivity index (χ1n) is 7.92. The van der Waals surface area contributed by atoms with E-state index in [9.17, 15) is 13.2 Å². The zero-order chi connectivity index (χ0) is 18.0. The number of anilines is 1. The molecule has 1 aliphatic rings. The van der Waals surface area contributed by atoms with E-state index in [1.54, 1.807) is 11.9 Å². The van der Waals surface area contributed by atoms with E-state index < -0.39 is 11.9 Å². The van der Waals surface area contributed by atoms with Gasteiger partial charge in [0.05, 0.1) is 0 Å². The molecule has 1 saturated heterocycles. The van der Waals surface area contributed by atoms with Gasteiger partial charge in [-0.15, -0.1) is 0 Å². The first-order valence-corrected chi connectivity index (χ1v) is 8.30. The first-order chi connectivity index (χ1) is 11.8. The maximum Gasteiger partial charge on any atom is 0.433 e. The molecule has 0 aliphatic carbocycles. The van der Waals surface area contributed by atoms with Gasteiger partial charge >= 0.3 is 6.18 Å². The third-order valence-electron chi connectivity index (χ3n) is 4.45. The number of likely N-dealkylation sites (tertiary alicyclic amines) is 1. The van der Waals surface area contributed by atoms with Crippen molar-refractivity contribution in [2.45, 2.75) is 25.2 Å². The highest BCUT2D eigenvalue weighted by atomic mass is 35.5. The number of hydrogen-bond acceptors (Lipinski definition) is 4. The molecule has 134 valence electrons. The van der Waals surface area contributed by atoms with Crippen LogP contribution in [-0.2, 0) is 12.7 Å². The summed E-state index contributed by atoms with van der Waals surface area (Å²) in [5.41, 5.74) is 0.129. The molecule has 1 aromatic carbocycles. The fourth-order valence-electron chi connectivity index (χ4n) is 3.02. The molecule has 1 fully saturated rings. The fourth-order valence-corrected chi connectivity index (χ4v) is 3.22. The van der Waals surface area contributed by atoms with Gasteiger partial charge in [-0.05, 0) is 18.1 Å². The summed E-state index contributed by atoms with van der Waals surface area (Å²) in [6.07, 6.45) is -2.65. The topological polar surface area (TPSA) is 32.3 Å². The minimum atomic E-state index is -4.47. The van der Waals surface area contributed by atoms with Crippen molar-refractivity contribution in [2.24, 2.45) is 0 Å². The standard InChI is InChI=1S/C17H18ClF3N4/c1-24(16-8-15(17(19,20)21)22-11-23-16)13-6-7-25(10-13)9-12-4-2-3-5-14(12)18/h2-5,8,11,13H,6-7,9-10H2,1H3. The summed E-state index contributed by atoms with van der Waals surface area (Å²) in [6.45, 7) is 2.33. The maximum absolute atomic E-state index is 12.8. The van der Waals surface area contributed by atoms with E-state index in [-0.39, 0.29) is 11.9 Å². The predicted molar refractivity (Wildman–Crippen MR) is 90.6 cm³/mol. The van der Waals surface area contributed by atoms with Gasteiger partial charge in [-0.25, -0.2) is 9.97 Å². The van der Waals surface area contributed by atoms with Crippen LogP contribution in [0.5, 0.6) is 0 Å². The Balaban J connectivity index is 1.67. The lowest BCUT2D eigenvalue weighted by molar-refractivity contribution is -0.141. The number of aromatic nitrogens is 2. The average Bonchev–Trinajstić information content (AvgIpc) is 3.04. The Kier molecular flexibility index (Phi) is 5.15. The number of likely N-dealkylation sites (N-methyl/N-ethyl adjacent to an activating group) is 1. The minimum Gasteiger partial charge on any atom is -0.355 e. The van der Waals surface area contributed by atoms with Gasteiger partial charge in [0.15, 0.2) is 0 Å². The third-order valence-corrected chi connectivity index (χ3v) is 4.82. The first kappa shape index (κ1) is 17.9. The quantitative estimate of drug-likeness (QED) is 0.818. The number of nitrogens with zero attached hydrogens (tertiary/aromatic N) is 4. The van der Waals surface area contributed by atoms with Crippen molar-refractivity contribution >= 4 is 17.4 Å². The molecule has 0 amide bonds. The zero-order valence-corrected chi connectivity index (χ0v) is 14.4. The summed E-state index contributed by atoms with van der Waals surface area (Å²) in [6, 6.07) is 8.77. The van der Waals surface area contributed by atoms with E-state index >= 15 is 0 Å². The van der Waals surface area contributed by atoms with Gasteiger partial charge in [0.2, 0.25) is 0 Å². The van der Waals surface area contributed by atoms with Crippen molar-refractivity contribution in [3.63, 3.8) is 0 Å². The van der Waals surface area contributed by atoms with Crippen molar-refractivity contribution in [3.05, 3.63) is 52.9 Å². The Hall–Kier alpha value is -1.86. The second-order valence-corrected chi connectivity index (χ2v) is 6.55. The summed E-state index contributed by atoms with van der Waals surface area (Å²) >= 11 is 6.20. The van der Waals surface area contributed by atoms with Crippen molar-refractivity contribution in [1.82, 2.24) is 14.9 Å². The Morgan fingerprint density at radius 1 is 1.28 bits per heavy atom. The number of halogens is 4. The smallest absolute Gasteiger partial charge is 0.355 e. The lowest BCUT2D eigenvalue weighted by atomic mass is 10.2. The molecule has 3 rings (SSSR count). The maximum atomic E-state index is 12.8. The summed E-state index contributed by atoms with van der Waals surface area (Å²) in [4.78, 5) is 11.3. The minimum absolute atomic E-state index is 0.0958. The lowest BCUT2D eigenvalue weighted by Gasteiger charge is -2.26. The summed E-state index contributed by atoms with van der Waals surface area (Å²) in [5, 5.41) is 0.727. The molecule has 0 N–H and O–H groups in total. The van der Waals surface area contributed by atoms with Crippen molar-refractivity contribution in [1.29, 1.82) is 0 Å². The van der Waals surface area contributed by atoms with Gasteiger partial charge in [0.25, 0.3) is 0 Å². The molecule has 2 heterocycles. The zero-order valence-electron chi connectivity index (χ0n) is 13.7. The molecule has 1 unspecified atom stereocenters. The van der Waals surface area contributed by atoms with Crippen LogP contribution in [0.15, 0.2) is 36.7 Å². The molecular formula is C17H18ClF3N4. The van der Waals surface area contributed by atoms with Gasteiger partial charge in [-0.1, -0.05) is 29.8 Å². The van der Waals surface area contributed by atoms with E-state index in [0.29, 0.717) is 0 Å². The molecule has 1 aliphatic heterocycles. The molecule has 1 atom stereocenters. The second kappa shape index (κ2) is 7.17. The van der Waals surface area contributed by atoms with Crippen LogP contribution >= 0.6 is 11.6 Å². The van der Waals surface area contributed by atoms with E-state index in [1.807, 2.05) is 24.3 Å². The number of hydrogen-bond donors (Lipinski definition) is 0. The number of alkyl halides is 3. The Morgan fingerprint density at radius 3 is 2.76 bits per heavy atom. The van der Waals surface area contributed by atoms with Crippen LogP contribution in [0.2, 0.25) is 5.02 Å².